The maximum absolute atomic E-state index is 12.1. The van der Waals surface area contributed by atoms with E-state index in [0.717, 1.165) is 5.75 Å². The lowest BCUT2D eigenvalue weighted by Crippen LogP contribution is -2.52. The number of amides is 2. The summed E-state index contributed by atoms with van der Waals surface area (Å²) < 4.78 is 5.20. The fraction of sp³-hybridized carbons (Fsp3) is 0.800. The molecule has 90 valence electrons. The molecule has 0 spiro atoms. The number of morpholine rings is 1. The summed E-state index contributed by atoms with van der Waals surface area (Å²) in [5.41, 5.74) is 0. The summed E-state index contributed by atoms with van der Waals surface area (Å²) in [6, 6.07) is -0.349. The molecule has 0 radical (unpaired) electrons. The zero-order valence-electron chi connectivity index (χ0n) is 9.11. The Balaban J connectivity index is 1.93. The minimum Gasteiger partial charge on any atom is -0.378 e. The molecule has 2 amide bonds. The van der Waals surface area contributed by atoms with Crippen LogP contribution in [0.4, 0.5) is 0 Å². The molecule has 2 saturated heterocycles. The van der Waals surface area contributed by atoms with E-state index in [1.165, 1.54) is 0 Å². The molecular weight excluding hydrogens is 228 g/mol. The van der Waals surface area contributed by atoms with Crippen LogP contribution in [-0.4, -0.2) is 60.6 Å². The van der Waals surface area contributed by atoms with Crippen molar-refractivity contribution >= 4 is 23.6 Å². The van der Waals surface area contributed by atoms with Gasteiger partial charge in [-0.05, 0) is 0 Å². The van der Waals surface area contributed by atoms with Gasteiger partial charge in [-0.1, -0.05) is 0 Å². The van der Waals surface area contributed by atoms with E-state index < -0.39 is 0 Å². The molecular formula is C10H16N2O3S. The second-order valence-corrected chi connectivity index (χ2v) is 5.03. The Labute approximate surface area is 98.9 Å². The topological polar surface area (TPSA) is 58.6 Å². The van der Waals surface area contributed by atoms with Crippen LogP contribution in [0.15, 0.2) is 0 Å². The Morgan fingerprint density at radius 2 is 2.19 bits per heavy atom. The maximum atomic E-state index is 12.1. The highest BCUT2D eigenvalue weighted by Crippen LogP contribution is 2.12. The van der Waals surface area contributed by atoms with Gasteiger partial charge in [0.1, 0.15) is 6.04 Å². The number of nitrogens with zero attached hydrogens (tertiary/aromatic N) is 1. The lowest BCUT2D eigenvalue weighted by Gasteiger charge is -2.30. The van der Waals surface area contributed by atoms with Crippen molar-refractivity contribution in [2.24, 2.45) is 0 Å². The van der Waals surface area contributed by atoms with Crippen molar-refractivity contribution in [3.05, 3.63) is 0 Å². The summed E-state index contributed by atoms with van der Waals surface area (Å²) >= 11 is 1.66. The van der Waals surface area contributed by atoms with E-state index in [9.17, 15) is 9.59 Å². The normalized spacial score (nSPS) is 27.1. The Morgan fingerprint density at radius 3 is 2.94 bits per heavy atom. The summed E-state index contributed by atoms with van der Waals surface area (Å²) in [5, 5.41) is 2.78. The second-order valence-electron chi connectivity index (χ2n) is 3.88. The van der Waals surface area contributed by atoms with Gasteiger partial charge in [0.2, 0.25) is 11.8 Å². The molecule has 0 bridgehead atoms. The van der Waals surface area contributed by atoms with Crippen LogP contribution in [-0.2, 0) is 14.3 Å². The third-order valence-electron chi connectivity index (χ3n) is 2.71. The Kier molecular flexibility index (Phi) is 4.06. The molecule has 6 heteroatoms. The summed E-state index contributed by atoms with van der Waals surface area (Å²) in [4.78, 5) is 25.2. The van der Waals surface area contributed by atoms with Crippen molar-refractivity contribution in [3.63, 3.8) is 0 Å². The van der Waals surface area contributed by atoms with Crippen molar-refractivity contribution in [1.82, 2.24) is 10.2 Å². The lowest BCUT2D eigenvalue weighted by atomic mass is 10.2. The van der Waals surface area contributed by atoms with E-state index >= 15 is 0 Å². The van der Waals surface area contributed by atoms with Crippen LogP contribution in [0.1, 0.15) is 6.42 Å². The average Bonchev–Trinajstić information content (AvgIpc) is 2.54. The predicted molar refractivity (Wildman–Crippen MR) is 61.3 cm³/mol. The van der Waals surface area contributed by atoms with E-state index in [2.05, 4.69) is 5.32 Å². The van der Waals surface area contributed by atoms with Crippen molar-refractivity contribution < 1.29 is 14.3 Å². The van der Waals surface area contributed by atoms with Gasteiger partial charge < -0.3 is 15.0 Å². The molecule has 2 fully saturated rings. The second kappa shape index (κ2) is 5.54. The average molecular weight is 244 g/mol. The monoisotopic (exact) mass is 244 g/mol. The van der Waals surface area contributed by atoms with Crippen molar-refractivity contribution in [1.29, 1.82) is 0 Å². The standard InChI is InChI=1S/C10H16N2O3S/c13-9-1-6-16-7-8(11-9)10(14)12-2-4-15-5-3-12/h8H,1-7H2,(H,11,13). The molecule has 2 aliphatic rings. The Hall–Kier alpha value is -0.750. The molecule has 1 unspecified atom stereocenters. The number of ether oxygens (including phenoxy) is 1. The largest absolute Gasteiger partial charge is 0.378 e. The van der Waals surface area contributed by atoms with Gasteiger partial charge in [-0.25, -0.2) is 0 Å². The summed E-state index contributed by atoms with van der Waals surface area (Å²) in [5.74, 6) is 1.50. The van der Waals surface area contributed by atoms with Crippen LogP contribution in [0.5, 0.6) is 0 Å². The number of carbonyl (C=O) groups excluding carboxylic acids is 2. The van der Waals surface area contributed by atoms with Crippen LogP contribution in [0.2, 0.25) is 0 Å². The third kappa shape index (κ3) is 2.89. The summed E-state index contributed by atoms with van der Waals surface area (Å²) in [6.07, 6.45) is 0.511. The molecule has 5 nitrogen and oxygen atoms in total. The van der Waals surface area contributed by atoms with Gasteiger partial charge in [-0.15, -0.1) is 0 Å². The molecule has 2 heterocycles. The fourth-order valence-corrected chi connectivity index (χ4v) is 2.77. The van der Waals surface area contributed by atoms with Gasteiger partial charge in [-0.3, -0.25) is 9.59 Å². The third-order valence-corrected chi connectivity index (χ3v) is 3.78. The molecule has 0 aliphatic carbocycles. The van der Waals surface area contributed by atoms with E-state index in [0.29, 0.717) is 38.5 Å². The Morgan fingerprint density at radius 1 is 1.44 bits per heavy atom. The van der Waals surface area contributed by atoms with Crippen LogP contribution in [0, 0.1) is 0 Å². The van der Waals surface area contributed by atoms with E-state index in [1.807, 2.05) is 0 Å². The van der Waals surface area contributed by atoms with Crippen LogP contribution in [0.25, 0.3) is 0 Å². The highest BCUT2D eigenvalue weighted by molar-refractivity contribution is 7.99. The highest BCUT2D eigenvalue weighted by Gasteiger charge is 2.28. The van der Waals surface area contributed by atoms with Gasteiger partial charge in [0, 0.05) is 31.0 Å². The zero-order valence-corrected chi connectivity index (χ0v) is 9.92. The zero-order chi connectivity index (χ0) is 11.4. The molecule has 0 aromatic carbocycles. The fourth-order valence-electron chi connectivity index (χ4n) is 1.81. The number of hydrogen-bond acceptors (Lipinski definition) is 4. The highest BCUT2D eigenvalue weighted by atomic mass is 32.2. The molecule has 0 saturated carbocycles. The molecule has 1 N–H and O–H groups in total. The maximum Gasteiger partial charge on any atom is 0.246 e. The molecule has 0 aromatic heterocycles. The number of carbonyl (C=O) groups is 2. The van der Waals surface area contributed by atoms with Crippen LogP contribution >= 0.6 is 11.8 Å². The van der Waals surface area contributed by atoms with E-state index in [-0.39, 0.29) is 17.9 Å². The summed E-state index contributed by atoms with van der Waals surface area (Å²) in [6.45, 7) is 2.46. The van der Waals surface area contributed by atoms with Gasteiger partial charge in [0.25, 0.3) is 0 Å². The molecule has 2 aliphatic heterocycles. The van der Waals surface area contributed by atoms with Gasteiger partial charge >= 0.3 is 0 Å². The van der Waals surface area contributed by atoms with Crippen LogP contribution in [0.3, 0.4) is 0 Å². The molecule has 2 rings (SSSR count). The van der Waals surface area contributed by atoms with Gasteiger partial charge in [0.15, 0.2) is 0 Å². The lowest BCUT2D eigenvalue weighted by molar-refractivity contribution is -0.139. The quantitative estimate of drug-likeness (QED) is 0.673. The first kappa shape index (κ1) is 11.7. The first-order valence-electron chi connectivity index (χ1n) is 5.51. The minimum atomic E-state index is -0.349. The number of nitrogens with one attached hydrogen (secondary N) is 1. The Bertz CT molecular complexity index is 279. The number of hydrogen-bond donors (Lipinski definition) is 1. The molecule has 0 aromatic rings. The van der Waals surface area contributed by atoms with Crippen molar-refractivity contribution in [2.45, 2.75) is 12.5 Å². The smallest absolute Gasteiger partial charge is 0.246 e. The van der Waals surface area contributed by atoms with Crippen molar-refractivity contribution in [2.75, 3.05) is 37.8 Å². The SMILES string of the molecule is O=C1CCSCC(C(=O)N2CCOCC2)N1. The minimum absolute atomic E-state index is 0.0170. The number of rotatable bonds is 1. The van der Waals surface area contributed by atoms with E-state index in [1.54, 1.807) is 16.7 Å². The first-order valence-corrected chi connectivity index (χ1v) is 6.66. The van der Waals surface area contributed by atoms with Gasteiger partial charge in [-0.2, -0.15) is 11.8 Å². The van der Waals surface area contributed by atoms with Crippen LogP contribution < -0.4 is 5.32 Å². The first-order chi connectivity index (χ1) is 7.77. The van der Waals surface area contributed by atoms with E-state index in [4.69, 9.17) is 4.74 Å². The number of thioether (sulfide) groups is 1. The predicted octanol–water partition coefficient (Wildman–Crippen LogP) is -0.533. The molecule has 16 heavy (non-hydrogen) atoms. The summed E-state index contributed by atoms with van der Waals surface area (Å²) in [7, 11) is 0. The molecule has 1 atom stereocenters. The van der Waals surface area contributed by atoms with Crippen molar-refractivity contribution in [3.8, 4) is 0 Å². The van der Waals surface area contributed by atoms with Gasteiger partial charge in [0.05, 0.1) is 13.2 Å².